The maximum atomic E-state index is 13.7. The molecule has 2 rings (SSSR count). The van der Waals surface area contributed by atoms with E-state index < -0.39 is 34.5 Å². The molecule has 10 heteroatoms. The minimum atomic E-state index is -4.04. The van der Waals surface area contributed by atoms with Crippen LogP contribution in [0.1, 0.15) is 37.5 Å². The Balaban J connectivity index is 2.48. The predicted octanol–water partition coefficient (Wildman–Crippen LogP) is 3.24. The van der Waals surface area contributed by atoms with Gasteiger partial charge in [-0.1, -0.05) is 38.1 Å². The summed E-state index contributed by atoms with van der Waals surface area (Å²) in [6.07, 6.45) is 0. The van der Waals surface area contributed by atoms with Crippen molar-refractivity contribution in [3.63, 3.8) is 0 Å². The normalized spacial score (nSPS) is 12.5. The second-order valence-corrected chi connectivity index (χ2v) is 11.6. The predicted molar refractivity (Wildman–Crippen MR) is 140 cm³/mol. The zero-order valence-electron chi connectivity index (χ0n) is 22.1. The Morgan fingerprint density at radius 2 is 1.61 bits per heavy atom. The van der Waals surface area contributed by atoms with E-state index in [1.54, 1.807) is 26.0 Å². The van der Waals surface area contributed by atoms with Gasteiger partial charge in [-0.2, -0.15) is 12.7 Å². The molecule has 2 aromatic carbocycles. The standard InChI is InChI=1S/C26H37FN4O4S/c1-18(2)15-28-26(33)21(5)30(16-22-10-12-23(27)13-11-22)25(32)17-31(36(34,35)29(6)7)24-14-19(3)8-9-20(24)4/h8-14,18,21H,15-17H2,1-7H3,(H,28,33)/t21-/m1/s1. The number of anilines is 1. The van der Waals surface area contributed by atoms with Crippen molar-refractivity contribution in [1.82, 2.24) is 14.5 Å². The Kier molecular flexibility index (Phi) is 10.0. The topological polar surface area (TPSA) is 90.0 Å². The number of rotatable bonds is 11. The van der Waals surface area contributed by atoms with Crippen LogP contribution >= 0.6 is 0 Å². The molecule has 0 unspecified atom stereocenters. The number of benzene rings is 2. The number of carbonyl (C=O) groups is 2. The smallest absolute Gasteiger partial charge is 0.304 e. The lowest BCUT2D eigenvalue weighted by Crippen LogP contribution is -2.52. The van der Waals surface area contributed by atoms with E-state index in [-0.39, 0.29) is 18.4 Å². The molecule has 198 valence electrons. The highest BCUT2D eigenvalue weighted by molar-refractivity contribution is 7.90. The first-order chi connectivity index (χ1) is 16.7. The van der Waals surface area contributed by atoms with Crippen LogP contribution in [0.3, 0.4) is 0 Å². The van der Waals surface area contributed by atoms with E-state index in [1.165, 1.54) is 43.3 Å². The summed E-state index contributed by atoms with van der Waals surface area (Å²) in [6, 6.07) is 10.1. The summed E-state index contributed by atoms with van der Waals surface area (Å²) in [5.41, 5.74) is 2.52. The summed E-state index contributed by atoms with van der Waals surface area (Å²) in [4.78, 5) is 27.9. The van der Waals surface area contributed by atoms with Gasteiger partial charge in [0.05, 0.1) is 5.69 Å². The van der Waals surface area contributed by atoms with Crippen LogP contribution in [0.25, 0.3) is 0 Å². The van der Waals surface area contributed by atoms with Crippen LogP contribution in [0.15, 0.2) is 42.5 Å². The number of nitrogens with zero attached hydrogens (tertiary/aromatic N) is 3. The average Bonchev–Trinajstić information content (AvgIpc) is 2.81. The van der Waals surface area contributed by atoms with Gasteiger partial charge in [0.25, 0.3) is 0 Å². The molecule has 1 N–H and O–H groups in total. The lowest BCUT2D eigenvalue weighted by Gasteiger charge is -2.33. The minimum absolute atomic E-state index is 0.0119. The first kappa shape index (κ1) is 29.3. The Labute approximate surface area is 214 Å². The maximum Gasteiger partial charge on any atom is 0.304 e. The summed E-state index contributed by atoms with van der Waals surface area (Å²) in [5.74, 6) is -1.12. The SMILES string of the molecule is Cc1ccc(C)c(N(CC(=O)N(Cc2ccc(F)cc2)[C@H](C)C(=O)NCC(C)C)S(=O)(=O)N(C)C)c1. The van der Waals surface area contributed by atoms with E-state index in [9.17, 15) is 22.4 Å². The van der Waals surface area contributed by atoms with Gasteiger partial charge in [-0.15, -0.1) is 0 Å². The van der Waals surface area contributed by atoms with E-state index in [4.69, 9.17) is 0 Å². The largest absolute Gasteiger partial charge is 0.354 e. The molecule has 0 aliphatic heterocycles. The molecule has 1 atom stereocenters. The zero-order valence-corrected chi connectivity index (χ0v) is 22.9. The Morgan fingerprint density at radius 3 is 2.17 bits per heavy atom. The van der Waals surface area contributed by atoms with E-state index in [0.29, 0.717) is 23.4 Å². The van der Waals surface area contributed by atoms with E-state index >= 15 is 0 Å². The van der Waals surface area contributed by atoms with Crippen molar-refractivity contribution in [3.8, 4) is 0 Å². The third-order valence-electron chi connectivity index (χ3n) is 5.77. The quantitative estimate of drug-likeness (QED) is 0.493. The number of hydrogen-bond donors (Lipinski definition) is 1. The van der Waals surface area contributed by atoms with Crippen molar-refractivity contribution in [3.05, 3.63) is 65.0 Å². The number of carbonyl (C=O) groups excluding carboxylic acids is 2. The van der Waals surface area contributed by atoms with E-state index in [2.05, 4.69) is 5.32 Å². The number of hydrogen-bond acceptors (Lipinski definition) is 4. The molecule has 0 spiro atoms. The number of aryl methyl sites for hydroxylation is 2. The third kappa shape index (κ3) is 7.51. The van der Waals surface area contributed by atoms with Gasteiger partial charge in [0.1, 0.15) is 18.4 Å². The van der Waals surface area contributed by atoms with Crippen molar-refractivity contribution in [2.75, 3.05) is 31.5 Å². The second-order valence-electron chi connectivity index (χ2n) is 9.55. The molecule has 8 nitrogen and oxygen atoms in total. The van der Waals surface area contributed by atoms with Crippen LogP contribution in [-0.4, -0.2) is 62.7 Å². The van der Waals surface area contributed by atoms with Gasteiger partial charge in [-0.25, -0.2) is 8.70 Å². The number of nitrogens with one attached hydrogen (secondary N) is 1. The summed E-state index contributed by atoms with van der Waals surface area (Å²) in [5, 5.41) is 2.83. The van der Waals surface area contributed by atoms with Crippen LogP contribution in [0, 0.1) is 25.6 Å². The summed E-state index contributed by atoms with van der Waals surface area (Å²) in [6.45, 7) is 9.07. The fourth-order valence-electron chi connectivity index (χ4n) is 3.51. The highest BCUT2D eigenvalue weighted by Gasteiger charge is 2.33. The van der Waals surface area contributed by atoms with Crippen molar-refractivity contribution in [1.29, 1.82) is 0 Å². The molecule has 0 saturated carbocycles. The van der Waals surface area contributed by atoms with Crippen molar-refractivity contribution >= 4 is 27.7 Å². The lowest BCUT2D eigenvalue weighted by molar-refractivity contribution is -0.139. The van der Waals surface area contributed by atoms with Crippen molar-refractivity contribution < 1.29 is 22.4 Å². The molecule has 0 aliphatic carbocycles. The summed E-state index contributed by atoms with van der Waals surface area (Å²) >= 11 is 0. The fraction of sp³-hybridized carbons (Fsp3) is 0.462. The molecule has 2 amide bonds. The van der Waals surface area contributed by atoms with Crippen molar-refractivity contribution in [2.24, 2.45) is 5.92 Å². The highest BCUT2D eigenvalue weighted by atomic mass is 32.2. The molecule has 36 heavy (non-hydrogen) atoms. The van der Waals surface area contributed by atoms with Crippen LogP contribution in [-0.2, 0) is 26.3 Å². The number of amides is 2. The average molecular weight is 521 g/mol. The molecule has 0 aliphatic rings. The van der Waals surface area contributed by atoms with Crippen LogP contribution < -0.4 is 9.62 Å². The molecule has 0 aromatic heterocycles. The number of halogens is 1. The fourth-order valence-corrected chi connectivity index (χ4v) is 4.62. The van der Waals surface area contributed by atoms with Crippen LogP contribution in [0.4, 0.5) is 10.1 Å². The monoisotopic (exact) mass is 520 g/mol. The molecule has 0 radical (unpaired) electrons. The summed E-state index contributed by atoms with van der Waals surface area (Å²) in [7, 11) is -1.24. The molecule has 0 bridgehead atoms. The lowest BCUT2D eigenvalue weighted by atomic mass is 10.1. The maximum absolute atomic E-state index is 13.7. The van der Waals surface area contributed by atoms with Gasteiger partial charge in [-0.05, 0) is 61.6 Å². The van der Waals surface area contributed by atoms with Gasteiger partial charge in [0.15, 0.2) is 0 Å². The van der Waals surface area contributed by atoms with Crippen LogP contribution in [0.5, 0.6) is 0 Å². The molecular weight excluding hydrogens is 483 g/mol. The molecular formula is C26H37FN4O4S. The molecule has 2 aromatic rings. The first-order valence-corrected chi connectivity index (χ1v) is 13.2. The molecule has 0 heterocycles. The highest BCUT2D eigenvalue weighted by Crippen LogP contribution is 2.26. The van der Waals surface area contributed by atoms with Gasteiger partial charge < -0.3 is 10.2 Å². The molecule has 0 saturated heterocycles. The van der Waals surface area contributed by atoms with Gasteiger partial charge in [0, 0.05) is 27.2 Å². The Bertz CT molecular complexity index is 1170. The Hall–Kier alpha value is -2.98. The third-order valence-corrected chi connectivity index (χ3v) is 7.58. The van der Waals surface area contributed by atoms with Gasteiger partial charge >= 0.3 is 10.2 Å². The first-order valence-electron chi connectivity index (χ1n) is 11.8. The summed E-state index contributed by atoms with van der Waals surface area (Å²) < 4.78 is 42.1. The van der Waals surface area contributed by atoms with Gasteiger partial charge in [0.2, 0.25) is 11.8 Å². The van der Waals surface area contributed by atoms with E-state index in [1.807, 2.05) is 26.8 Å². The zero-order chi connectivity index (χ0) is 27.2. The van der Waals surface area contributed by atoms with Crippen LogP contribution in [0.2, 0.25) is 0 Å². The van der Waals surface area contributed by atoms with Gasteiger partial charge in [-0.3, -0.25) is 9.59 Å². The minimum Gasteiger partial charge on any atom is -0.354 e. The van der Waals surface area contributed by atoms with Crippen molar-refractivity contribution in [2.45, 2.75) is 47.2 Å². The molecule has 0 fully saturated rings. The Morgan fingerprint density at radius 1 is 1.00 bits per heavy atom. The van der Waals surface area contributed by atoms with E-state index in [0.717, 1.165) is 14.2 Å². The second kappa shape index (κ2) is 12.3.